The normalized spacial score (nSPS) is 11.9. The summed E-state index contributed by atoms with van der Waals surface area (Å²) in [7, 11) is 1.97. The van der Waals surface area contributed by atoms with Crippen molar-refractivity contribution in [2.45, 2.75) is 32.9 Å². The van der Waals surface area contributed by atoms with Gasteiger partial charge < -0.3 is 0 Å². The van der Waals surface area contributed by atoms with Crippen LogP contribution >= 0.6 is 0 Å². The molecule has 25 heavy (non-hydrogen) atoms. The smallest absolute Gasteiger partial charge is 0.194 e. The quantitative estimate of drug-likeness (QED) is 0.557. The van der Waals surface area contributed by atoms with Gasteiger partial charge in [0.1, 0.15) is 7.05 Å². The number of aromatic nitrogens is 1. The molecule has 0 amide bonds. The van der Waals surface area contributed by atoms with E-state index in [0.717, 1.165) is 22.2 Å². The fraction of sp³-hybridized carbons (Fsp3) is 0.286. The second kappa shape index (κ2) is 6.51. The highest BCUT2D eigenvalue weighted by molar-refractivity contribution is 5.78. The predicted octanol–water partition coefficient (Wildman–Crippen LogP) is 5.44. The Kier molecular flexibility index (Phi) is 4.55. The average molecular weight is 344 g/mol. The van der Waals surface area contributed by atoms with Crippen molar-refractivity contribution in [3.63, 3.8) is 0 Å². The second-order valence-corrected chi connectivity index (χ2v) is 6.60. The first-order valence-electron chi connectivity index (χ1n) is 8.31. The van der Waals surface area contributed by atoms with Crippen LogP contribution in [0.4, 0.5) is 13.2 Å². The van der Waals surface area contributed by atoms with Crippen molar-refractivity contribution in [2.24, 2.45) is 7.05 Å². The lowest BCUT2D eigenvalue weighted by atomic mass is 10.0. The Morgan fingerprint density at radius 3 is 2.36 bits per heavy atom. The van der Waals surface area contributed by atoms with Gasteiger partial charge >= 0.3 is 6.18 Å². The molecule has 130 valence electrons. The lowest BCUT2D eigenvalue weighted by molar-refractivity contribution is -0.633. The van der Waals surface area contributed by atoms with E-state index >= 15 is 0 Å². The number of alkyl halides is 3. The molecular formula is C21H21F3N+. The van der Waals surface area contributed by atoms with Crippen molar-refractivity contribution < 1.29 is 17.7 Å². The van der Waals surface area contributed by atoms with Crippen molar-refractivity contribution >= 4 is 10.9 Å². The molecule has 0 atom stereocenters. The fourth-order valence-corrected chi connectivity index (χ4v) is 3.15. The molecule has 4 heteroatoms. The molecule has 0 spiro atoms. The third-order valence-corrected chi connectivity index (χ3v) is 4.60. The topological polar surface area (TPSA) is 3.88 Å². The van der Waals surface area contributed by atoms with Crippen LogP contribution in [0, 0.1) is 13.8 Å². The zero-order chi connectivity index (χ0) is 18.2. The Balaban J connectivity index is 2.07. The van der Waals surface area contributed by atoms with E-state index in [1.54, 1.807) is 6.07 Å². The van der Waals surface area contributed by atoms with Gasteiger partial charge in [0, 0.05) is 29.5 Å². The Morgan fingerprint density at radius 1 is 0.920 bits per heavy atom. The molecule has 0 saturated carbocycles. The molecule has 0 aliphatic heterocycles. The van der Waals surface area contributed by atoms with Crippen molar-refractivity contribution in [3.8, 4) is 11.3 Å². The molecule has 0 N–H and O–H groups in total. The number of aryl methyl sites for hydroxylation is 4. The molecule has 1 heterocycles. The van der Waals surface area contributed by atoms with Gasteiger partial charge in [0.25, 0.3) is 0 Å². The largest absolute Gasteiger partial charge is 0.389 e. The van der Waals surface area contributed by atoms with Crippen LogP contribution in [-0.2, 0) is 13.5 Å². The summed E-state index contributed by atoms with van der Waals surface area (Å²) in [6.07, 6.45) is -4.91. The molecule has 2 aromatic carbocycles. The SMILES string of the molecule is Cc1ccc(C)c(-c2ccc3ccc(CCC(F)(F)F)cc3[n+]2C)c1. The summed E-state index contributed by atoms with van der Waals surface area (Å²) in [5, 5.41) is 1.02. The maximum atomic E-state index is 12.5. The van der Waals surface area contributed by atoms with Gasteiger partial charge in [-0.05, 0) is 49.6 Å². The van der Waals surface area contributed by atoms with Gasteiger partial charge in [0.2, 0.25) is 11.2 Å². The van der Waals surface area contributed by atoms with Crippen LogP contribution in [0.3, 0.4) is 0 Å². The summed E-state index contributed by atoms with van der Waals surface area (Å²) in [5.41, 5.74) is 6.21. The summed E-state index contributed by atoms with van der Waals surface area (Å²) < 4.78 is 39.6. The fourth-order valence-electron chi connectivity index (χ4n) is 3.15. The van der Waals surface area contributed by atoms with E-state index in [-0.39, 0.29) is 6.42 Å². The molecule has 3 rings (SSSR count). The van der Waals surface area contributed by atoms with Crippen molar-refractivity contribution in [1.82, 2.24) is 0 Å². The summed E-state index contributed by atoms with van der Waals surface area (Å²) in [5.74, 6) is 0. The van der Waals surface area contributed by atoms with Crippen LogP contribution in [0.25, 0.3) is 22.2 Å². The van der Waals surface area contributed by atoms with Crippen LogP contribution < -0.4 is 4.57 Å². The standard InChI is InChI=1S/C21H21F3N/c1-14-4-5-15(2)18(12-14)19-9-8-17-7-6-16(10-11-21(22,23)24)13-20(17)25(19)3/h4-9,12-13H,10-11H2,1-3H3/q+1. The van der Waals surface area contributed by atoms with E-state index in [9.17, 15) is 13.2 Å². The summed E-state index contributed by atoms with van der Waals surface area (Å²) in [6.45, 7) is 4.12. The Labute approximate surface area is 145 Å². The van der Waals surface area contributed by atoms with Crippen LogP contribution in [0.2, 0.25) is 0 Å². The summed E-state index contributed by atoms with van der Waals surface area (Å²) >= 11 is 0. The molecule has 0 unspecified atom stereocenters. The zero-order valence-corrected chi connectivity index (χ0v) is 14.6. The van der Waals surface area contributed by atoms with Crippen molar-refractivity contribution in [2.75, 3.05) is 0 Å². The van der Waals surface area contributed by atoms with Gasteiger partial charge in [-0.1, -0.05) is 23.8 Å². The molecule has 3 aromatic rings. The summed E-state index contributed by atoms with van der Waals surface area (Å²) in [4.78, 5) is 0. The first kappa shape index (κ1) is 17.5. The molecule has 0 bridgehead atoms. The second-order valence-electron chi connectivity index (χ2n) is 6.60. The number of pyridine rings is 1. The van der Waals surface area contributed by atoms with E-state index in [1.165, 1.54) is 11.1 Å². The molecule has 0 saturated heterocycles. The maximum absolute atomic E-state index is 12.5. The van der Waals surface area contributed by atoms with E-state index in [2.05, 4.69) is 42.7 Å². The van der Waals surface area contributed by atoms with E-state index < -0.39 is 12.6 Å². The average Bonchev–Trinajstić information content (AvgIpc) is 2.55. The van der Waals surface area contributed by atoms with Gasteiger partial charge in [0.05, 0.1) is 0 Å². The molecule has 1 nitrogen and oxygen atoms in total. The highest BCUT2D eigenvalue weighted by Gasteiger charge is 2.26. The molecule has 0 aliphatic rings. The lowest BCUT2D eigenvalue weighted by Gasteiger charge is -2.09. The molecule has 0 aliphatic carbocycles. The minimum atomic E-state index is -4.13. The zero-order valence-electron chi connectivity index (χ0n) is 14.6. The lowest BCUT2D eigenvalue weighted by Crippen LogP contribution is -2.32. The Bertz CT molecular complexity index is 926. The predicted molar refractivity (Wildman–Crippen MR) is 94.4 cm³/mol. The first-order valence-corrected chi connectivity index (χ1v) is 8.31. The third-order valence-electron chi connectivity index (χ3n) is 4.60. The number of fused-ring (bicyclic) bond motifs is 1. The number of hydrogen-bond donors (Lipinski definition) is 0. The van der Waals surface area contributed by atoms with E-state index in [1.807, 2.05) is 25.2 Å². The van der Waals surface area contributed by atoms with E-state index in [4.69, 9.17) is 0 Å². The number of benzene rings is 2. The molecule has 1 aromatic heterocycles. The van der Waals surface area contributed by atoms with Crippen LogP contribution in [0.5, 0.6) is 0 Å². The van der Waals surface area contributed by atoms with Crippen LogP contribution in [0.15, 0.2) is 48.5 Å². The number of hydrogen-bond acceptors (Lipinski definition) is 0. The minimum Gasteiger partial charge on any atom is -0.194 e. The van der Waals surface area contributed by atoms with Crippen LogP contribution in [0.1, 0.15) is 23.1 Å². The summed E-state index contributed by atoms with van der Waals surface area (Å²) in [6, 6.07) is 16.0. The van der Waals surface area contributed by atoms with Gasteiger partial charge in [0.15, 0.2) is 0 Å². The highest BCUT2D eigenvalue weighted by atomic mass is 19.4. The third kappa shape index (κ3) is 3.84. The van der Waals surface area contributed by atoms with Crippen molar-refractivity contribution in [1.29, 1.82) is 0 Å². The van der Waals surface area contributed by atoms with Gasteiger partial charge in [-0.15, -0.1) is 0 Å². The monoisotopic (exact) mass is 344 g/mol. The number of halogens is 3. The van der Waals surface area contributed by atoms with Gasteiger partial charge in [-0.25, -0.2) is 0 Å². The van der Waals surface area contributed by atoms with E-state index in [0.29, 0.717) is 5.56 Å². The Hall–Kier alpha value is -2.36. The van der Waals surface area contributed by atoms with Crippen molar-refractivity contribution in [3.05, 3.63) is 65.2 Å². The minimum absolute atomic E-state index is 0.00708. The van der Waals surface area contributed by atoms with Crippen LogP contribution in [-0.4, -0.2) is 6.18 Å². The van der Waals surface area contributed by atoms with Gasteiger partial charge in [-0.3, -0.25) is 0 Å². The highest BCUT2D eigenvalue weighted by Crippen LogP contribution is 2.26. The molecule has 0 radical (unpaired) electrons. The number of nitrogens with zero attached hydrogens (tertiary/aromatic N) is 1. The number of rotatable bonds is 3. The molecular weight excluding hydrogens is 323 g/mol. The maximum Gasteiger partial charge on any atom is 0.389 e. The van der Waals surface area contributed by atoms with Gasteiger partial charge in [-0.2, -0.15) is 17.7 Å². The Morgan fingerprint density at radius 2 is 1.64 bits per heavy atom. The molecule has 0 fully saturated rings. The first-order chi connectivity index (χ1) is 11.7.